The van der Waals surface area contributed by atoms with Crippen molar-refractivity contribution in [2.24, 2.45) is 20.5 Å². The van der Waals surface area contributed by atoms with Crippen molar-refractivity contribution in [2.45, 2.75) is 24.9 Å². The molecule has 7 heteroatoms. The molecule has 110 valence electrons. The van der Waals surface area contributed by atoms with Crippen LogP contribution in [0.5, 0.6) is 0 Å². The second kappa shape index (κ2) is 4.87. The number of carbonyl (C=O) groups is 2. The number of hydrogen-bond acceptors (Lipinski definition) is 7. The first-order valence-electron chi connectivity index (χ1n) is 6.71. The fraction of sp³-hybridized carbons (Fsp3) is 0.267. The highest BCUT2D eigenvalue weighted by atomic mass is 16.1. The molecule has 3 rings (SSSR count). The SMILES string of the molecule is CC(=O)C1(c2cccc(C3(C(C)=O)C=CN=N3)n2)C=CN=N1. The van der Waals surface area contributed by atoms with Gasteiger partial charge in [-0.05, 0) is 38.1 Å². The lowest BCUT2D eigenvalue weighted by Gasteiger charge is -2.23. The van der Waals surface area contributed by atoms with E-state index in [1.165, 1.54) is 26.2 Å². The maximum absolute atomic E-state index is 12.0. The predicted octanol–water partition coefficient (Wildman–Crippen LogP) is 2.61. The third-order valence-electron chi connectivity index (χ3n) is 3.80. The summed E-state index contributed by atoms with van der Waals surface area (Å²) in [7, 11) is 0. The third kappa shape index (κ3) is 1.86. The van der Waals surface area contributed by atoms with Crippen molar-refractivity contribution in [1.29, 1.82) is 0 Å². The molecule has 0 fully saturated rings. The molecular weight excluding hydrogens is 282 g/mol. The zero-order valence-corrected chi connectivity index (χ0v) is 12.1. The van der Waals surface area contributed by atoms with Crippen molar-refractivity contribution in [3.8, 4) is 0 Å². The van der Waals surface area contributed by atoms with E-state index in [9.17, 15) is 9.59 Å². The van der Waals surface area contributed by atoms with Crippen LogP contribution in [0.3, 0.4) is 0 Å². The van der Waals surface area contributed by atoms with E-state index < -0.39 is 11.1 Å². The lowest BCUT2D eigenvalue weighted by atomic mass is 9.88. The molecule has 0 spiro atoms. The highest BCUT2D eigenvalue weighted by molar-refractivity contribution is 5.91. The predicted molar refractivity (Wildman–Crippen MR) is 76.9 cm³/mol. The summed E-state index contributed by atoms with van der Waals surface area (Å²) in [5.74, 6) is -0.398. The molecular formula is C15H13N5O2. The summed E-state index contributed by atoms with van der Waals surface area (Å²) in [6, 6.07) is 5.09. The molecule has 2 unspecified atom stereocenters. The van der Waals surface area contributed by atoms with Crippen LogP contribution in [-0.4, -0.2) is 16.6 Å². The van der Waals surface area contributed by atoms with Gasteiger partial charge in [-0.2, -0.15) is 20.5 Å². The van der Waals surface area contributed by atoms with E-state index in [1.807, 2.05) is 0 Å². The second-order valence-corrected chi connectivity index (χ2v) is 5.12. The van der Waals surface area contributed by atoms with Gasteiger partial charge in [0, 0.05) is 12.4 Å². The molecule has 7 nitrogen and oxygen atoms in total. The Morgan fingerprint density at radius 2 is 1.32 bits per heavy atom. The lowest BCUT2D eigenvalue weighted by Crippen LogP contribution is -2.33. The molecule has 3 heterocycles. The van der Waals surface area contributed by atoms with Crippen molar-refractivity contribution >= 4 is 11.6 Å². The van der Waals surface area contributed by atoms with Crippen molar-refractivity contribution in [1.82, 2.24) is 4.98 Å². The van der Waals surface area contributed by atoms with Gasteiger partial charge in [-0.25, -0.2) is 0 Å². The van der Waals surface area contributed by atoms with Crippen LogP contribution in [0.15, 0.2) is 63.2 Å². The van der Waals surface area contributed by atoms with Crippen molar-refractivity contribution in [3.05, 3.63) is 54.1 Å². The molecule has 0 aliphatic carbocycles. The van der Waals surface area contributed by atoms with Crippen LogP contribution in [0.1, 0.15) is 25.2 Å². The molecule has 0 radical (unpaired) electrons. The van der Waals surface area contributed by atoms with Gasteiger partial charge in [0.1, 0.15) is 0 Å². The maximum Gasteiger partial charge on any atom is 0.201 e. The van der Waals surface area contributed by atoms with Gasteiger partial charge in [0.05, 0.1) is 11.4 Å². The van der Waals surface area contributed by atoms with Gasteiger partial charge in [0.25, 0.3) is 0 Å². The number of aromatic nitrogens is 1. The molecule has 22 heavy (non-hydrogen) atoms. The van der Waals surface area contributed by atoms with Gasteiger partial charge in [0.15, 0.2) is 11.6 Å². The smallest absolute Gasteiger partial charge is 0.201 e. The number of Topliss-reactive ketones (excluding diaryl/α,β-unsaturated/α-hetero) is 2. The highest BCUT2D eigenvalue weighted by Gasteiger charge is 2.42. The Bertz CT molecular complexity index is 691. The number of ketones is 2. The topological polar surface area (TPSA) is 96.5 Å². The molecule has 0 aromatic carbocycles. The minimum absolute atomic E-state index is 0.199. The maximum atomic E-state index is 12.0. The summed E-state index contributed by atoms with van der Waals surface area (Å²) in [5.41, 5.74) is -1.64. The number of hydrogen-bond donors (Lipinski definition) is 0. The van der Waals surface area contributed by atoms with E-state index in [0.717, 1.165) is 0 Å². The molecule has 0 amide bonds. The van der Waals surface area contributed by atoms with Crippen LogP contribution in [0.4, 0.5) is 0 Å². The second-order valence-electron chi connectivity index (χ2n) is 5.12. The minimum Gasteiger partial charge on any atom is -0.296 e. The van der Waals surface area contributed by atoms with Crippen LogP contribution >= 0.6 is 0 Å². The highest BCUT2D eigenvalue weighted by Crippen LogP contribution is 2.35. The van der Waals surface area contributed by atoms with Crippen LogP contribution < -0.4 is 0 Å². The molecule has 0 N–H and O–H groups in total. The standard InChI is InChI=1S/C15H13N5O2/c1-10(21)14(6-8-16-19-14)12-4-3-5-13(18-12)15(11(2)22)7-9-17-20-15/h3-9H,1-2H3. The Labute approximate surface area is 126 Å². The number of pyridine rings is 1. The first-order valence-corrected chi connectivity index (χ1v) is 6.71. The Balaban J connectivity index is 2.15. The zero-order chi connectivity index (χ0) is 15.8. The summed E-state index contributed by atoms with van der Waals surface area (Å²) >= 11 is 0. The number of azo groups is 2. The number of carbonyl (C=O) groups excluding carboxylic acids is 2. The van der Waals surface area contributed by atoms with Gasteiger partial charge in [-0.1, -0.05) is 6.07 Å². The summed E-state index contributed by atoms with van der Waals surface area (Å²) in [6.07, 6.45) is 6.11. The van der Waals surface area contributed by atoms with Gasteiger partial charge >= 0.3 is 0 Å². The zero-order valence-electron chi connectivity index (χ0n) is 12.1. The van der Waals surface area contributed by atoms with Gasteiger partial charge in [-0.3, -0.25) is 14.6 Å². The van der Waals surface area contributed by atoms with E-state index in [1.54, 1.807) is 30.4 Å². The first-order chi connectivity index (χ1) is 10.5. The molecule has 2 aliphatic rings. The van der Waals surface area contributed by atoms with E-state index in [0.29, 0.717) is 11.4 Å². The molecule has 0 bridgehead atoms. The van der Waals surface area contributed by atoms with Crippen LogP contribution in [-0.2, 0) is 20.7 Å². The molecule has 2 atom stereocenters. The summed E-state index contributed by atoms with van der Waals surface area (Å²) in [4.78, 5) is 28.6. The minimum atomic E-state index is -1.23. The Morgan fingerprint density at radius 3 is 1.64 bits per heavy atom. The average molecular weight is 295 g/mol. The number of nitrogens with zero attached hydrogens (tertiary/aromatic N) is 5. The van der Waals surface area contributed by atoms with Crippen LogP contribution in [0, 0.1) is 0 Å². The van der Waals surface area contributed by atoms with Gasteiger partial charge in [-0.15, -0.1) is 0 Å². The normalized spacial score (nSPS) is 28.5. The van der Waals surface area contributed by atoms with E-state index in [4.69, 9.17) is 0 Å². The van der Waals surface area contributed by atoms with Gasteiger partial charge < -0.3 is 0 Å². The summed E-state index contributed by atoms with van der Waals surface area (Å²) in [6.45, 7) is 2.86. The van der Waals surface area contributed by atoms with Crippen molar-refractivity contribution in [2.75, 3.05) is 0 Å². The van der Waals surface area contributed by atoms with E-state index in [2.05, 4.69) is 25.4 Å². The quantitative estimate of drug-likeness (QED) is 0.853. The molecule has 1 aromatic heterocycles. The van der Waals surface area contributed by atoms with Gasteiger partial charge in [0.2, 0.25) is 11.1 Å². The van der Waals surface area contributed by atoms with E-state index >= 15 is 0 Å². The molecule has 2 aliphatic heterocycles. The molecule has 0 saturated heterocycles. The van der Waals surface area contributed by atoms with Crippen LogP contribution in [0.2, 0.25) is 0 Å². The van der Waals surface area contributed by atoms with Crippen molar-refractivity contribution in [3.63, 3.8) is 0 Å². The largest absolute Gasteiger partial charge is 0.296 e. The summed E-state index contributed by atoms with van der Waals surface area (Å²) in [5, 5.41) is 15.6. The fourth-order valence-electron chi connectivity index (χ4n) is 2.47. The van der Waals surface area contributed by atoms with E-state index in [-0.39, 0.29) is 11.6 Å². The lowest BCUT2D eigenvalue weighted by molar-refractivity contribution is -0.121. The Kier molecular flexibility index (Phi) is 3.13. The number of rotatable bonds is 4. The first kappa shape index (κ1) is 14.1. The molecule has 1 aromatic rings. The van der Waals surface area contributed by atoms with Crippen molar-refractivity contribution < 1.29 is 9.59 Å². The monoisotopic (exact) mass is 295 g/mol. The summed E-state index contributed by atoms with van der Waals surface area (Å²) < 4.78 is 0. The fourth-order valence-corrected chi connectivity index (χ4v) is 2.47. The Hall–Kier alpha value is -2.83. The average Bonchev–Trinajstić information content (AvgIpc) is 3.18. The molecule has 0 saturated carbocycles. The Morgan fingerprint density at radius 1 is 0.864 bits per heavy atom. The van der Waals surface area contributed by atoms with Crippen LogP contribution in [0.25, 0.3) is 0 Å². The third-order valence-corrected chi connectivity index (χ3v) is 3.80.